The van der Waals surface area contributed by atoms with Crippen molar-refractivity contribution in [3.63, 3.8) is 0 Å². The van der Waals surface area contributed by atoms with Crippen LogP contribution < -0.4 is 10.6 Å². The van der Waals surface area contributed by atoms with Crippen molar-refractivity contribution in [2.75, 3.05) is 26.7 Å². The number of carbonyl (C=O) groups excluding carboxylic acids is 1. The lowest BCUT2D eigenvalue weighted by Gasteiger charge is -2.34. The normalized spacial score (nSPS) is 14.6. The van der Waals surface area contributed by atoms with E-state index in [1.807, 2.05) is 6.07 Å². The Kier molecular flexibility index (Phi) is 11.2. The molecular weight excluding hydrogens is 519 g/mol. The summed E-state index contributed by atoms with van der Waals surface area (Å²) in [4.78, 5) is 21.3. The quantitative estimate of drug-likeness (QED) is 0.295. The number of rotatable bonds is 7. The van der Waals surface area contributed by atoms with Crippen LogP contribution in [0.3, 0.4) is 0 Å². The fourth-order valence-corrected chi connectivity index (χ4v) is 4.43. The van der Waals surface area contributed by atoms with Gasteiger partial charge in [0, 0.05) is 42.9 Å². The highest BCUT2D eigenvalue weighted by atomic mass is 127. The van der Waals surface area contributed by atoms with Crippen molar-refractivity contribution in [2.45, 2.75) is 42.5 Å². The molecular formula is C24H33IN4OS. The molecule has 1 heterocycles. The average Bonchev–Trinajstić information content (AvgIpc) is 2.79. The number of likely N-dealkylation sites (tertiary alicyclic amines) is 1. The van der Waals surface area contributed by atoms with Crippen molar-refractivity contribution >= 4 is 47.6 Å². The monoisotopic (exact) mass is 552 g/mol. The predicted octanol–water partition coefficient (Wildman–Crippen LogP) is 4.77. The molecule has 1 fully saturated rings. The number of hydrogen-bond acceptors (Lipinski definition) is 3. The first kappa shape index (κ1) is 25.5. The molecule has 3 rings (SSSR count). The summed E-state index contributed by atoms with van der Waals surface area (Å²) >= 11 is 1.77. The summed E-state index contributed by atoms with van der Waals surface area (Å²) in [5.74, 6) is 1.58. The number of nitrogens with one attached hydrogen (secondary N) is 2. The largest absolute Gasteiger partial charge is 0.359 e. The SMILES string of the molecule is CCNC(=NCc1ccc(Sc2ccccc2)cc1)N1CCC(CC(=O)NC)CC1.I. The minimum Gasteiger partial charge on any atom is -0.359 e. The number of guanidine groups is 1. The molecule has 1 aliphatic heterocycles. The molecule has 7 heteroatoms. The molecule has 168 valence electrons. The number of aliphatic imine (C=N–C) groups is 1. The Hall–Kier alpha value is -1.74. The van der Waals surface area contributed by atoms with E-state index in [9.17, 15) is 4.79 Å². The van der Waals surface area contributed by atoms with Crippen molar-refractivity contribution in [1.29, 1.82) is 0 Å². The van der Waals surface area contributed by atoms with Gasteiger partial charge in [-0.3, -0.25) is 4.79 Å². The number of carbonyl (C=O) groups is 1. The Morgan fingerprint density at radius 2 is 1.71 bits per heavy atom. The van der Waals surface area contributed by atoms with Crippen molar-refractivity contribution in [1.82, 2.24) is 15.5 Å². The Morgan fingerprint density at radius 3 is 2.32 bits per heavy atom. The van der Waals surface area contributed by atoms with Crippen LogP contribution in [0.15, 0.2) is 69.4 Å². The van der Waals surface area contributed by atoms with Crippen LogP contribution in [-0.4, -0.2) is 43.4 Å². The zero-order valence-corrected chi connectivity index (χ0v) is 21.5. The molecule has 0 aromatic heterocycles. The topological polar surface area (TPSA) is 56.7 Å². The highest BCUT2D eigenvalue weighted by Crippen LogP contribution is 2.27. The highest BCUT2D eigenvalue weighted by molar-refractivity contribution is 14.0. The van der Waals surface area contributed by atoms with E-state index in [4.69, 9.17) is 4.99 Å². The molecule has 2 aromatic rings. The summed E-state index contributed by atoms with van der Waals surface area (Å²) in [6.45, 7) is 5.50. The van der Waals surface area contributed by atoms with Gasteiger partial charge in [-0.05, 0) is 55.5 Å². The molecule has 0 aliphatic carbocycles. The van der Waals surface area contributed by atoms with Crippen LogP contribution >= 0.6 is 35.7 Å². The third-order valence-corrected chi connectivity index (χ3v) is 6.33. The van der Waals surface area contributed by atoms with Gasteiger partial charge in [-0.1, -0.05) is 42.1 Å². The smallest absolute Gasteiger partial charge is 0.220 e. The molecule has 1 saturated heterocycles. The second kappa shape index (κ2) is 13.6. The molecule has 2 aromatic carbocycles. The van der Waals surface area contributed by atoms with Crippen molar-refractivity contribution in [3.8, 4) is 0 Å². The molecule has 0 spiro atoms. The molecule has 1 amide bonds. The Morgan fingerprint density at radius 1 is 1.06 bits per heavy atom. The van der Waals surface area contributed by atoms with Crippen LogP contribution in [0, 0.1) is 5.92 Å². The zero-order chi connectivity index (χ0) is 21.2. The van der Waals surface area contributed by atoms with Crippen LogP contribution in [-0.2, 0) is 11.3 Å². The number of piperidine rings is 1. The van der Waals surface area contributed by atoms with Crippen molar-refractivity contribution in [3.05, 3.63) is 60.2 Å². The van der Waals surface area contributed by atoms with E-state index in [2.05, 4.69) is 71.0 Å². The van der Waals surface area contributed by atoms with Gasteiger partial charge in [0.25, 0.3) is 0 Å². The zero-order valence-electron chi connectivity index (χ0n) is 18.3. The van der Waals surface area contributed by atoms with Gasteiger partial charge in [0.1, 0.15) is 0 Å². The highest BCUT2D eigenvalue weighted by Gasteiger charge is 2.23. The van der Waals surface area contributed by atoms with Gasteiger partial charge in [0.05, 0.1) is 6.54 Å². The Labute approximate surface area is 207 Å². The molecule has 1 aliphatic rings. The lowest BCUT2D eigenvalue weighted by Crippen LogP contribution is -2.46. The molecule has 0 saturated carbocycles. The van der Waals surface area contributed by atoms with Crippen molar-refractivity contribution in [2.24, 2.45) is 10.9 Å². The third-order valence-electron chi connectivity index (χ3n) is 5.32. The van der Waals surface area contributed by atoms with Gasteiger partial charge >= 0.3 is 0 Å². The molecule has 0 radical (unpaired) electrons. The molecule has 0 atom stereocenters. The van der Waals surface area contributed by atoms with E-state index in [-0.39, 0.29) is 29.9 Å². The molecule has 0 bridgehead atoms. The third kappa shape index (κ3) is 8.37. The van der Waals surface area contributed by atoms with E-state index in [0.29, 0.717) is 18.9 Å². The fourth-order valence-electron chi connectivity index (χ4n) is 3.59. The maximum Gasteiger partial charge on any atom is 0.220 e. The summed E-state index contributed by atoms with van der Waals surface area (Å²) < 4.78 is 0. The van der Waals surface area contributed by atoms with Gasteiger partial charge in [-0.2, -0.15) is 0 Å². The number of hydrogen-bond donors (Lipinski definition) is 2. The second-order valence-corrected chi connectivity index (χ2v) is 8.68. The predicted molar refractivity (Wildman–Crippen MR) is 140 cm³/mol. The van der Waals surface area contributed by atoms with Crippen LogP contribution in [0.5, 0.6) is 0 Å². The van der Waals surface area contributed by atoms with E-state index >= 15 is 0 Å². The first-order valence-corrected chi connectivity index (χ1v) is 11.5. The first-order valence-electron chi connectivity index (χ1n) is 10.7. The average molecular weight is 553 g/mol. The Balaban J connectivity index is 0.00000341. The number of halogens is 1. The van der Waals surface area contributed by atoms with Crippen LogP contribution in [0.2, 0.25) is 0 Å². The van der Waals surface area contributed by atoms with Crippen LogP contribution in [0.1, 0.15) is 31.7 Å². The summed E-state index contributed by atoms with van der Waals surface area (Å²) in [5, 5.41) is 6.16. The number of nitrogens with zero attached hydrogens (tertiary/aromatic N) is 2. The van der Waals surface area contributed by atoms with E-state index in [0.717, 1.165) is 38.4 Å². The lowest BCUT2D eigenvalue weighted by molar-refractivity contribution is -0.121. The summed E-state index contributed by atoms with van der Waals surface area (Å²) in [7, 11) is 1.71. The van der Waals surface area contributed by atoms with Gasteiger partial charge in [0.2, 0.25) is 5.91 Å². The minimum atomic E-state index is 0. The molecule has 31 heavy (non-hydrogen) atoms. The van der Waals surface area contributed by atoms with E-state index < -0.39 is 0 Å². The van der Waals surface area contributed by atoms with Crippen LogP contribution in [0.4, 0.5) is 0 Å². The summed E-state index contributed by atoms with van der Waals surface area (Å²) in [6, 6.07) is 19.1. The summed E-state index contributed by atoms with van der Waals surface area (Å²) in [6.07, 6.45) is 2.69. The standard InChI is InChI=1S/C24H32N4OS.HI/c1-3-26-24(28-15-13-19(14-16-28)17-23(29)25-2)27-18-20-9-11-22(12-10-20)30-21-7-5-4-6-8-21;/h4-12,19H,3,13-18H2,1-2H3,(H,25,29)(H,26,27);1H. The Bertz CT molecular complexity index is 821. The minimum absolute atomic E-state index is 0. The molecule has 2 N–H and O–H groups in total. The number of benzene rings is 2. The van der Waals surface area contributed by atoms with Gasteiger partial charge in [-0.25, -0.2) is 4.99 Å². The number of amides is 1. The summed E-state index contributed by atoms with van der Waals surface area (Å²) in [5.41, 5.74) is 1.21. The fraction of sp³-hybridized carbons (Fsp3) is 0.417. The lowest BCUT2D eigenvalue weighted by atomic mass is 9.93. The van der Waals surface area contributed by atoms with E-state index in [1.54, 1.807) is 18.8 Å². The maximum atomic E-state index is 11.6. The molecule has 5 nitrogen and oxygen atoms in total. The van der Waals surface area contributed by atoms with Gasteiger partial charge < -0.3 is 15.5 Å². The first-order chi connectivity index (χ1) is 14.7. The van der Waals surface area contributed by atoms with Crippen molar-refractivity contribution < 1.29 is 4.79 Å². The second-order valence-electron chi connectivity index (χ2n) is 7.54. The maximum absolute atomic E-state index is 11.6. The van der Waals surface area contributed by atoms with E-state index in [1.165, 1.54) is 15.4 Å². The molecule has 0 unspecified atom stereocenters. The van der Waals surface area contributed by atoms with Crippen LogP contribution in [0.25, 0.3) is 0 Å². The van der Waals surface area contributed by atoms with Gasteiger partial charge in [-0.15, -0.1) is 24.0 Å². The van der Waals surface area contributed by atoms with Gasteiger partial charge in [0.15, 0.2) is 5.96 Å².